The summed E-state index contributed by atoms with van der Waals surface area (Å²) in [5, 5.41) is 5.85. The molecule has 0 bridgehead atoms. The van der Waals surface area contributed by atoms with Gasteiger partial charge in [-0.2, -0.15) is 0 Å². The van der Waals surface area contributed by atoms with Crippen LogP contribution in [-0.4, -0.2) is 5.91 Å². The summed E-state index contributed by atoms with van der Waals surface area (Å²) >= 11 is 1.64. The molecule has 0 radical (unpaired) electrons. The number of carbonyl (C=O) groups excluding carboxylic acids is 1. The lowest BCUT2D eigenvalue weighted by atomic mass is 10.1. The topological polar surface area (TPSA) is 55.1 Å². The Hall–Kier alpha value is -2.40. The van der Waals surface area contributed by atoms with Crippen molar-refractivity contribution >= 4 is 38.7 Å². The normalized spacial score (nSPS) is 10.7. The van der Waals surface area contributed by atoms with E-state index in [9.17, 15) is 9.18 Å². The highest BCUT2D eigenvalue weighted by Gasteiger charge is 2.09. The van der Waals surface area contributed by atoms with E-state index in [1.165, 1.54) is 18.2 Å². The molecule has 3 nitrogen and oxygen atoms in total. The van der Waals surface area contributed by atoms with Crippen molar-refractivity contribution in [3.8, 4) is 0 Å². The highest BCUT2D eigenvalue weighted by atomic mass is 32.1. The number of nitrogens with one attached hydrogen (secondary N) is 1. The van der Waals surface area contributed by atoms with E-state index >= 15 is 0 Å². The summed E-state index contributed by atoms with van der Waals surface area (Å²) in [4.78, 5) is 12.1. The number of hydrogen-bond acceptors (Lipinski definition) is 3. The molecule has 3 N–H and O–H groups in total. The maximum Gasteiger partial charge on any atom is 0.255 e. The maximum atomic E-state index is 13.1. The third kappa shape index (κ3) is 2.35. The second-order valence-corrected chi connectivity index (χ2v) is 5.31. The van der Waals surface area contributed by atoms with Crippen molar-refractivity contribution in [3.05, 3.63) is 59.2 Å². The average Bonchev–Trinajstić information content (AvgIpc) is 2.89. The molecule has 0 atom stereocenters. The van der Waals surface area contributed by atoms with Gasteiger partial charge >= 0.3 is 0 Å². The van der Waals surface area contributed by atoms with Crippen molar-refractivity contribution in [1.82, 2.24) is 0 Å². The Kier molecular flexibility index (Phi) is 3.12. The molecule has 1 heterocycles. The number of benzene rings is 2. The summed E-state index contributed by atoms with van der Waals surface area (Å²) in [6.45, 7) is 0. The lowest BCUT2D eigenvalue weighted by Crippen LogP contribution is -2.12. The molecule has 0 aliphatic carbocycles. The number of fused-ring (bicyclic) bond motifs is 1. The fourth-order valence-corrected chi connectivity index (χ4v) is 2.70. The molecule has 0 aliphatic heterocycles. The number of amides is 1. The zero-order valence-corrected chi connectivity index (χ0v) is 11.2. The molecule has 3 rings (SSSR count). The van der Waals surface area contributed by atoms with Gasteiger partial charge in [0.25, 0.3) is 5.91 Å². The molecule has 0 aliphatic rings. The van der Waals surface area contributed by atoms with Crippen LogP contribution in [0.25, 0.3) is 10.1 Å². The molecule has 0 fully saturated rings. The van der Waals surface area contributed by atoms with Crippen molar-refractivity contribution in [3.63, 3.8) is 0 Å². The molecule has 0 unspecified atom stereocenters. The highest BCUT2D eigenvalue weighted by molar-refractivity contribution is 7.17. The van der Waals surface area contributed by atoms with Gasteiger partial charge in [0, 0.05) is 16.0 Å². The van der Waals surface area contributed by atoms with Crippen LogP contribution in [0, 0.1) is 5.82 Å². The first-order chi connectivity index (χ1) is 9.63. The van der Waals surface area contributed by atoms with E-state index in [-0.39, 0.29) is 11.6 Å². The summed E-state index contributed by atoms with van der Waals surface area (Å²) in [5.41, 5.74) is 6.45. The van der Waals surface area contributed by atoms with Gasteiger partial charge in [0.05, 0.1) is 5.69 Å². The zero-order chi connectivity index (χ0) is 14.1. The van der Waals surface area contributed by atoms with E-state index in [2.05, 4.69) is 5.32 Å². The van der Waals surface area contributed by atoms with E-state index in [4.69, 9.17) is 5.73 Å². The van der Waals surface area contributed by atoms with Gasteiger partial charge in [0.1, 0.15) is 5.82 Å². The molecule has 0 saturated carbocycles. The van der Waals surface area contributed by atoms with Crippen LogP contribution in [0.2, 0.25) is 0 Å². The number of anilines is 2. The number of nitrogens with two attached hydrogens (primary N) is 1. The Morgan fingerprint density at radius 1 is 1.15 bits per heavy atom. The van der Waals surface area contributed by atoms with Gasteiger partial charge in [-0.15, -0.1) is 11.3 Å². The Morgan fingerprint density at radius 3 is 2.80 bits per heavy atom. The maximum absolute atomic E-state index is 13.1. The average molecular weight is 286 g/mol. The van der Waals surface area contributed by atoms with E-state index in [0.29, 0.717) is 11.3 Å². The minimum atomic E-state index is -0.527. The first-order valence-electron chi connectivity index (χ1n) is 5.97. The van der Waals surface area contributed by atoms with Crippen molar-refractivity contribution in [2.45, 2.75) is 0 Å². The predicted octanol–water partition coefficient (Wildman–Crippen LogP) is 3.87. The van der Waals surface area contributed by atoms with Gasteiger partial charge in [-0.25, -0.2) is 4.39 Å². The van der Waals surface area contributed by atoms with Crippen LogP contribution in [0.15, 0.2) is 47.8 Å². The summed E-state index contributed by atoms with van der Waals surface area (Å²) in [6, 6.07) is 11.6. The molecule has 5 heteroatoms. The number of thiophene rings is 1. The highest BCUT2D eigenvalue weighted by Crippen LogP contribution is 2.24. The van der Waals surface area contributed by atoms with Gasteiger partial charge < -0.3 is 11.1 Å². The summed E-state index contributed by atoms with van der Waals surface area (Å²) in [6.07, 6.45) is 0. The molecule has 100 valence electrons. The third-order valence-electron chi connectivity index (χ3n) is 2.97. The summed E-state index contributed by atoms with van der Waals surface area (Å²) in [5.74, 6) is -0.840. The third-order valence-corrected chi connectivity index (χ3v) is 3.87. The minimum Gasteiger partial charge on any atom is -0.396 e. The smallest absolute Gasteiger partial charge is 0.255 e. The van der Waals surface area contributed by atoms with Crippen molar-refractivity contribution in [1.29, 1.82) is 0 Å². The minimum absolute atomic E-state index is 0.0362. The molecule has 3 aromatic rings. The standard InChI is InChI=1S/C15H11FN2OS/c16-12-3-1-10(8-13(12)17)15(19)18-11-2-4-14-9(7-11)5-6-20-14/h1-8H,17H2,(H,18,19). The molecule has 1 aromatic heterocycles. The number of hydrogen-bond donors (Lipinski definition) is 2. The summed E-state index contributed by atoms with van der Waals surface area (Å²) < 4.78 is 14.2. The molecule has 1 amide bonds. The van der Waals surface area contributed by atoms with Crippen LogP contribution in [-0.2, 0) is 0 Å². The molecular formula is C15H11FN2OS. The lowest BCUT2D eigenvalue weighted by molar-refractivity contribution is 0.102. The largest absolute Gasteiger partial charge is 0.396 e. The molecule has 0 spiro atoms. The Labute approximate surface area is 118 Å². The first kappa shape index (κ1) is 12.6. The van der Waals surface area contributed by atoms with Crippen LogP contribution in [0.5, 0.6) is 0 Å². The van der Waals surface area contributed by atoms with Crippen LogP contribution in [0.3, 0.4) is 0 Å². The van der Waals surface area contributed by atoms with Crippen molar-refractivity contribution in [2.24, 2.45) is 0 Å². The SMILES string of the molecule is Nc1cc(C(=O)Nc2ccc3sccc3c2)ccc1F. The van der Waals surface area contributed by atoms with Gasteiger partial charge in [0.2, 0.25) is 0 Å². The van der Waals surface area contributed by atoms with Crippen LogP contribution >= 0.6 is 11.3 Å². The number of nitrogen functional groups attached to an aromatic ring is 1. The fraction of sp³-hybridized carbons (Fsp3) is 0. The van der Waals surface area contributed by atoms with Gasteiger partial charge in [0.15, 0.2) is 0 Å². The molecule has 0 saturated heterocycles. The van der Waals surface area contributed by atoms with Gasteiger partial charge in [-0.3, -0.25) is 4.79 Å². The van der Waals surface area contributed by atoms with Gasteiger partial charge in [-0.1, -0.05) is 0 Å². The Balaban J connectivity index is 1.85. The Morgan fingerprint density at radius 2 is 2.00 bits per heavy atom. The van der Waals surface area contributed by atoms with E-state index in [1.807, 2.05) is 29.6 Å². The molecular weight excluding hydrogens is 275 g/mol. The van der Waals surface area contributed by atoms with Crippen LogP contribution in [0.1, 0.15) is 10.4 Å². The quantitative estimate of drug-likeness (QED) is 0.702. The van der Waals surface area contributed by atoms with Crippen LogP contribution < -0.4 is 11.1 Å². The second kappa shape index (κ2) is 4.94. The molecule has 2 aromatic carbocycles. The number of carbonyl (C=O) groups is 1. The monoisotopic (exact) mass is 286 g/mol. The fourth-order valence-electron chi connectivity index (χ4n) is 1.93. The lowest BCUT2D eigenvalue weighted by Gasteiger charge is -2.06. The van der Waals surface area contributed by atoms with Crippen molar-refractivity contribution in [2.75, 3.05) is 11.1 Å². The van der Waals surface area contributed by atoms with Crippen LogP contribution in [0.4, 0.5) is 15.8 Å². The molecule has 20 heavy (non-hydrogen) atoms. The zero-order valence-electron chi connectivity index (χ0n) is 10.4. The summed E-state index contributed by atoms with van der Waals surface area (Å²) in [7, 11) is 0. The van der Waals surface area contributed by atoms with E-state index in [0.717, 1.165) is 10.1 Å². The Bertz CT molecular complexity index is 797. The van der Waals surface area contributed by atoms with E-state index < -0.39 is 5.82 Å². The van der Waals surface area contributed by atoms with E-state index in [1.54, 1.807) is 11.3 Å². The van der Waals surface area contributed by atoms with Gasteiger partial charge in [-0.05, 0) is 53.2 Å². The first-order valence-corrected chi connectivity index (χ1v) is 6.85. The van der Waals surface area contributed by atoms with Crippen molar-refractivity contribution < 1.29 is 9.18 Å². The second-order valence-electron chi connectivity index (χ2n) is 4.36. The number of halogens is 1. The predicted molar refractivity (Wildman–Crippen MR) is 80.6 cm³/mol. The number of rotatable bonds is 2.